The highest BCUT2D eigenvalue weighted by atomic mass is 16.3. The molecule has 0 aromatic carbocycles. The molecule has 1 amide bonds. The molecule has 136 valence electrons. The van der Waals surface area contributed by atoms with Crippen LogP contribution in [0.4, 0.5) is 5.95 Å². The number of hydrogen-bond acceptors (Lipinski definition) is 6. The zero-order chi connectivity index (χ0) is 18.4. The number of imidazole rings is 1. The molecule has 4 heterocycles. The van der Waals surface area contributed by atoms with Crippen molar-refractivity contribution < 1.29 is 9.21 Å². The van der Waals surface area contributed by atoms with E-state index in [2.05, 4.69) is 4.98 Å². The first-order valence-electron chi connectivity index (χ1n) is 8.23. The van der Waals surface area contributed by atoms with Gasteiger partial charge in [-0.15, -0.1) is 0 Å². The second kappa shape index (κ2) is 5.90. The van der Waals surface area contributed by atoms with Gasteiger partial charge in [-0.2, -0.15) is 4.98 Å². The highest BCUT2D eigenvalue weighted by Crippen LogP contribution is 2.25. The smallest absolute Gasteiger partial charge is 0.332 e. The lowest BCUT2D eigenvalue weighted by atomic mass is 10.3. The van der Waals surface area contributed by atoms with Gasteiger partial charge in [0.05, 0.1) is 12.8 Å². The average molecular weight is 358 g/mol. The molecule has 2 N–H and O–H groups in total. The summed E-state index contributed by atoms with van der Waals surface area (Å²) < 4.78 is 9.32. The van der Waals surface area contributed by atoms with E-state index < -0.39 is 23.7 Å². The molecule has 0 spiro atoms. The minimum Gasteiger partial charge on any atom is -0.467 e. The van der Waals surface area contributed by atoms with Crippen LogP contribution in [0.15, 0.2) is 32.4 Å². The maximum atomic E-state index is 12.8. The molecular weight excluding hydrogens is 340 g/mol. The molecule has 3 aromatic heterocycles. The van der Waals surface area contributed by atoms with Crippen LogP contribution in [0.1, 0.15) is 12.2 Å². The number of carbonyl (C=O) groups is 1. The summed E-state index contributed by atoms with van der Waals surface area (Å²) in [5.74, 6) is 0.637. The normalized spacial score (nSPS) is 14.0. The third-order valence-electron chi connectivity index (χ3n) is 4.55. The van der Waals surface area contributed by atoms with Crippen molar-refractivity contribution in [3.05, 3.63) is 45.0 Å². The van der Waals surface area contributed by atoms with Crippen molar-refractivity contribution in [2.24, 2.45) is 12.8 Å². The summed E-state index contributed by atoms with van der Waals surface area (Å²) in [5, 5.41) is 0. The fourth-order valence-corrected chi connectivity index (χ4v) is 3.37. The maximum Gasteiger partial charge on any atom is 0.332 e. The molecule has 0 unspecified atom stereocenters. The number of carbonyl (C=O) groups excluding carboxylic acids is 1. The average Bonchev–Trinajstić information content (AvgIpc) is 3.24. The number of aromatic nitrogens is 4. The molecule has 10 heteroatoms. The predicted octanol–water partition coefficient (Wildman–Crippen LogP) is -0.615. The zero-order valence-corrected chi connectivity index (χ0v) is 14.2. The minimum absolute atomic E-state index is 0.294. The van der Waals surface area contributed by atoms with Crippen LogP contribution in [-0.2, 0) is 31.5 Å². The number of furan rings is 1. The van der Waals surface area contributed by atoms with Crippen molar-refractivity contribution >= 4 is 23.0 Å². The Balaban J connectivity index is 1.91. The minimum atomic E-state index is -0.749. The standard InChI is InChI=1S/C16H18N6O4/c1-19-13-12(14(24)22(16(19)25)9-11(17)23)21-6-3-5-20(15(21)18-13)8-10-4-2-7-26-10/h2,4,7H,3,5-6,8-9H2,1H3,(H2,17,23). The van der Waals surface area contributed by atoms with Crippen molar-refractivity contribution in [3.8, 4) is 0 Å². The molecule has 0 radical (unpaired) electrons. The van der Waals surface area contributed by atoms with E-state index in [0.717, 1.165) is 23.3 Å². The van der Waals surface area contributed by atoms with Gasteiger partial charge in [0.1, 0.15) is 12.3 Å². The number of aryl methyl sites for hydroxylation is 2. The van der Waals surface area contributed by atoms with Crippen LogP contribution in [0.25, 0.3) is 11.2 Å². The SMILES string of the molecule is Cn1c(=O)n(CC(N)=O)c(=O)c2c1nc1n2CCCN1Cc1ccco1. The van der Waals surface area contributed by atoms with Gasteiger partial charge in [0, 0.05) is 20.1 Å². The van der Waals surface area contributed by atoms with Gasteiger partial charge in [-0.05, 0) is 18.6 Å². The molecule has 0 saturated carbocycles. The van der Waals surface area contributed by atoms with E-state index in [1.165, 1.54) is 11.6 Å². The van der Waals surface area contributed by atoms with Gasteiger partial charge in [0.15, 0.2) is 11.2 Å². The number of fused-ring (bicyclic) bond motifs is 3. The van der Waals surface area contributed by atoms with Gasteiger partial charge in [-0.1, -0.05) is 0 Å². The van der Waals surface area contributed by atoms with Crippen LogP contribution >= 0.6 is 0 Å². The van der Waals surface area contributed by atoms with Crippen LogP contribution in [-0.4, -0.2) is 31.1 Å². The van der Waals surface area contributed by atoms with Crippen molar-refractivity contribution in [2.45, 2.75) is 26.1 Å². The van der Waals surface area contributed by atoms with Gasteiger partial charge in [-0.25, -0.2) is 9.36 Å². The third kappa shape index (κ3) is 2.41. The molecule has 4 rings (SSSR count). The zero-order valence-electron chi connectivity index (χ0n) is 14.2. The molecule has 26 heavy (non-hydrogen) atoms. The van der Waals surface area contributed by atoms with Crippen molar-refractivity contribution in [2.75, 3.05) is 11.4 Å². The highest BCUT2D eigenvalue weighted by molar-refractivity contribution is 5.76. The number of nitrogens with two attached hydrogens (primary N) is 1. The summed E-state index contributed by atoms with van der Waals surface area (Å²) in [5.41, 5.74) is 4.60. The maximum absolute atomic E-state index is 12.8. The number of primary amides is 1. The molecular formula is C16H18N6O4. The van der Waals surface area contributed by atoms with Crippen LogP contribution in [0.5, 0.6) is 0 Å². The van der Waals surface area contributed by atoms with E-state index in [1.807, 2.05) is 17.0 Å². The fourth-order valence-electron chi connectivity index (χ4n) is 3.37. The second-order valence-corrected chi connectivity index (χ2v) is 6.29. The van der Waals surface area contributed by atoms with Gasteiger partial charge in [0.2, 0.25) is 11.9 Å². The summed E-state index contributed by atoms with van der Waals surface area (Å²) in [7, 11) is 1.53. The second-order valence-electron chi connectivity index (χ2n) is 6.29. The number of nitrogens with zero attached hydrogens (tertiary/aromatic N) is 5. The largest absolute Gasteiger partial charge is 0.467 e. The quantitative estimate of drug-likeness (QED) is 0.664. The molecule has 3 aromatic rings. The van der Waals surface area contributed by atoms with Crippen molar-refractivity contribution in [1.29, 1.82) is 0 Å². The predicted molar refractivity (Wildman–Crippen MR) is 92.8 cm³/mol. The summed E-state index contributed by atoms with van der Waals surface area (Å²) in [6.45, 7) is 1.41. The Labute approximate surface area is 147 Å². The molecule has 0 bridgehead atoms. The molecule has 1 aliphatic rings. The van der Waals surface area contributed by atoms with E-state index in [4.69, 9.17) is 10.2 Å². The number of amides is 1. The van der Waals surface area contributed by atoms with E-state index >= 15 is 0 Å². The van der Waals surface area contributed by atoms with Crippen molar-refractivity contribution in [1.82, 2.24) is 18.7 Å². The molecule has 10 nitrogen and oxygen atoms in total. The Morgan fingerprint density at radius 3 is 2.85 bits per heavy atom. The lowest BCUT2D eigenvalue weighted by Crippen LogP contribution is -2.42. The van der Waals surface area contributed by atoms with E-state index in [-0.39, 0.29) is 0 Å². The molecule has 0 saturated heterocycles. The topological polar surface area (TPSA) is 121 Å². The first-order chi connectivity index (χ1) is 12.5. The van der Waals surface area contributed by atoms with E-state index in [0.29, 0.717) is 30.2 Å². The number of hydrogen-bond donors (Lipinski definition) is 1. The van der Waals surface area contributed by atoms with E-state index in [9.17, 15) is 14.4 Å². The number of rotatable bonds is 4. The first kappa shape index (κ1) is 16.2. The Morgan fingerprint density at radius 1 is 1.35 bits per heavy atom. The Hall–Kier alpha value is -3.30. The molecule has 0 atom stereocenters. The van der Waals surface area contributed by atoms with Crippen LogP contribution < -0.4 is 21.9 Å². The lowest BCUT2D eigenvalue weighted by Gasteiger charge is -2.28. The summed E-state index contributed by atoms with van der Waals surface area (Å²) in [4.78, 5) is 43.1. The van der Waals surface area contributed by atoms with Crippen molar-refractivity contribution in [3.63, 3.8) is 0 Å². The van der Waals surface area contributed by atoms with Crippen LogP contribution in [0, 0.1) is 0 Å². The fraction of sp³-hybridized carbons (Fsp3) is 0.375. The van der Waals surface area contributed by atoms with E-state index in [1.54, 1.807) is 10.8 Å². The van der Waals surface area contributed by atoms with Gasteiger partial charge in [-0.3, -0.25) is 14.2 Å². The highest BCUT2D eigenvalue weighted by Gasteiger charge is 2.26. The molecule has 0 aliphatic carbocycles. The summed E-state index contributed by atoms with van der Waals surface area (Å²) in [6, 6.07) is 3.69. The van der Waals surface area contributed by atoms with Crippen LogP contribution in [0.3, 0.4) is 0 Å². The number of anilines is 1. The van der Waals surface area contributed by atoms with Gasteiger partial charge < -0.3 is 19.6 Å². The first-order valence-corrected chi connectivity index (χ1v) is 8.23. The van der Waals surface area contributed by atoms with Gasteiger partial charge in [0.25, 0.3) is 5.56 Å². The summed E-state index contributed by atoms with van der Waals surface area (Å²) >= 11 is 0. The summed E-state index contributed by atoms with van der Waals surface area (Å²) in [6.07, 6.45) is 2.42. The Kier molecular flexibility index (Phi) is 3.67. The lowest BCUT2D eigenvalue weighted by molar-refractivity contribution is -0.118. The molecule has 0 fully saturated rings. The Bertz CT molecular complexity index is 1100. The monoisotopic (exact) mass is 358 g/mol. The Morgan fingerprint density at radius 2 is 2.15 bits per heavy atom. The third-order valence-corrected chi connectivity index (χ3v) is 4.55. The molecule has 1 aliphatic heterocycles. The van der Waals surface area contributed by atoms with Gasteiger partial charge >= 0.3 is 5.69 Å². The van der Waals surface area contributed by atoms with Crippen LogP contribution in [0.2, 0.25) is 0 Å².